The molecule has 3 rings (SSSR count). The van der Waals surface area contributed by atoms with Crippen molar-refractivity contribution in [3.8, 4) is 11.5 Å². The van der Waals surface area contributed by atoms with E-state index in [1.807, 2.05) is 0 Å². The lowest BCUT2D eigenvalue weighted by Gasteiger charge is -2.28. The van der Waals surface area contributed by atoms with Gasteiger partial charge in [0.2, 0.25) is 0 Å². The molecule has 2 aliphatic heterocycles. The molecule has 0 saturated heterocycles. The molecule has 8 radical (unpaired) electrons. The predicted octanol–water partition coefficient (Wildman–Crippen LogP) is -2.60. The summed E-state index contributed by atoms with van der Waals surface area (Å²) in [6.45, 7) is 0.307. The van der Waals surface area contributed by atoms with Crippen LogP contribution in [0.1, 0.15) is 0 Å². The first-order valence-electron chi connectivity index (χ1n) is 5.88. The number of benzene rings is 1. The maximum absolute atomic E-state index is 5.78. The second-order valence-corrected chi connectivity index (χ2v) is 4.52. The van der Waals surface area contributed by atoms with Crippen molar-refractivity contribution in [2.75, 3.05) is 6.61 Å². The zero-order valence-electron chi connectivity index (χ0n) is 10.2. The summed E-state index contributed by atoms with van der Waals surface area (Å²) in [6.07, 6.45) is -0.380. The van der Waals surface area contributed by atoms with Gasteiger partial charge in [0, 0.05) is 11.9 Å². The largest absolute Gasteiger partial charge is 0.485 e. The Morgan fingerprint density at radius 1 is 1.16 bits per heavy atom. The van der Waals surface area contributed by atoms with Gasteiger partial charge < -0.3 is 14.8 Å². The van der Waals surface area contributed by atoms with Gasteiger partial charge in [0.1, 0.15) is 43.8 Å². The smallest absolute Gasteiger partial charge is 0.189 e. The van der Waals surface area contributed by atoms with E-state index in [1.165, 1.54) is 0 Å². The minimum absolute atomic E-state index is 0.307. The van der Waals surface area contributed by atoms with E-state index >= 15 is 0 Å². The first-order valence-corrected chi connectivity index (χ1v) is 5.88. The zero-order chi connectivity index (χ0) is 13.6. The summed E-state index contributed by atoms with van der Waals surface area (Å²) in [7, 11) is 22.9. The second kappa shape index (κ2) is 4.58. The molecule has 0 saturated carbocycles. The van der Waals surface area contributed by atoms with Crippen LogP contribution in [-0.4, -0.2) is 61.8 Å². The summed E-state index contributed by atoms with van der Waals surface area (Å²) >= 11 is 0. The van der Waals surface area contributed by atoms with E-state index in [4.69, 9.17) is 40.9 Å². The van der Waals surface area contributed by atoms with Crippen LogP contribution in [0.4, 0.5) is 0 Å². The highest BCUT2D eigenvalue weighted by Gasteiger charge is 2.31. The van der Waals surface area contributed by atoms with Gasteiger partial charge in [0.25, 0.3) is 0 Å². The van der Waals surface area contributed by atoms with Crippen LogP contribution in [-0.2, 0) is 0 Å². The number of hydrogen-bond acceptors (Lipinski definition) is 4. The molecule has 0 aliphatic carbocycles. The quantitative estimate of drug-likeness (QED) is 0.550. The second-order valence-electron chi connectivity index (χ2n) is 4.52. The first-order chi connectivity index (χ1) is 9.04. The number of ether oxygens (including phenoxy) is 2. The van der Waals surface area contributed by atoms with Crippen molar-refractivity contribution in [1.82, 2.24) is 5.32 Å². The van der Waals surface area contributed by atoms with Crippen LogP contribution < -0.4 is 25.7 Å². The van der Waals surface area contributed by atoms with Crippen LogP contribution in [0.2, 0.25) is 0 Å². The van der Waals surface area contributed by atoms with Crippen molar-refractivity contribution in [3.05, 3.63) is 12.1 Å². The fraction of sp³-hybridized carbons (Fsp3) is 0.364. The van der Waals surface area contributed by atoms with Gasteiger partial charge in [-0.05, 0) is 12.1 Å². The Labute approximate surface area is 117 Å². The molecule has 2 aliphatic rings. The molecule has 1 N–H and O–H groups in total. The van der Waals surface area contributed by atoms with Crippen molar-refractivity contribution < 1.29 is 9.47 Å². The van der Waals surface area contributed by atoms with Gasteiger partial charge in [0.05, 0.1) is 0 Å². The van der Waals surface area contributed by atoms with E-state index in [9.17, 15) is 0 Å². The van der Waals surface area contributed by atoms with E-state index in [-0.39, 0.29) is 6.10 Å². The summed E-state index contributed by atoms with van der Waals surface area (Å²) in [4.78, 5) is 4.20. The molecule has 86 valence electrons. The van der Waals surface area contributed by atoms with E-state index in [0.717, 1.165) is 0 Å². The number of aliphatic imine (C=N–C) groups is 1. The van der Waals surface area contributed by atoms with Crippen LogP contribution in [0.25, 0.3) is 0 Å². The minimum Gasteiger partial charge on any atom is -0.485 e. The van der Waals surface area contributed by atoms with Gasteiger partial charge in [-0.1, -0.05) is 10.9 Å². The molecule has 1 aromatic rings. The average Bonchev–Trinajstić information content (AvgIpc) is 2.71. The highest BCUT2D eigenvalue weighted by Crippen LogP contribution is 2.30. The normalized spacial score (nSPS) is 28.6. The van der Waals surface area contributed by atoms with Gasteiger partial charge in [-0.2, -0.15) is 0 Å². The van der Waals surface area contributed by atoms with Crippen LogP contribution >= 0.6 is 0 Å². The molecular formula is C11H8B4N2O2. The standard InChI is InChI=1S/C11H8B4N2O2/c12-4-1-6-7(2-5(4)13)19-8(3-18-6)11-16-9(14)10(15)17-11/h1-2,8-10H,3H2,(H,16,17). The summed E-state index contributed by atoms with van der Waals surface area (Å²) in [6, 6.07) is 3.27. The van der Waals surface area contributed by atoms with E-state index in [0.29, 0.717) is 34.9 Å². The minimum atomic E-state index is -0.475. The Kier molecular flexibility index (Phi) is 3.03. The Morgan fingerprint density at radius 2 is 1.84 bits per heavy atom. The molecule has 4 nitrogen and oxygen atoms in total. The lowest BCUT2D eigenvalue weighted by Crippen LogP contribution is -2.46. The monoisotopic (exact) mass is 244 g/mol. The van der Waals surface area contributed by atoms with E-state index < -0.39 is 11.9 Å². The Morgan fingerprint density at radius 3 is 2.47 bits per heavy atom. The highest BCUT2D eigenvalue weighted by atomic mass is 16.6. The maximum atomic E-state index is 5.78. The number of amidine groups is 1. The van der Waals surface area contributed by atoms with Gasteiger partial charge >= 0.3 is 0 Å². The number of fused-ring (bicyclic) bond motifs is 1. The number of nitrogens with zero attached hydrogens (tertiary/aromatic N) is 1. The number of nitrogens with one attached hydrogen (secondary N) is 1. The zero-order valence-corrected chi connectivity index (χ0v) is 10.2. The third-order valence-electron chi connectivity index (χ3n) is 3.08. The van der Waals surface area contributed by atoms with Crippen molar-refractivity contribution in [2.24, 2.45) is 4.99 Å². The summed E-state index contributed by atoms with van der Waals surface area (Å²) in [5.74, 6) is 0.797. The van der Waals surface area contributed by atoms with Crippen LogP contribution in [0.15, 0.2) is 17.1 Å². The third kappa shape index (κ3) is 2.24. The molecule has 0 amide bonds. The molecule has 3 atom stereocenters. The molecule has 2 heterocycles. The summed E-state index contributed by atoms with van der Waals surface area (Å²) in [5, 5.41) is 2.97. The van der Waals surface area contributed by atoms with Gasteiger partial charge in [0.15, 0.2) is 17.6 Å². The predicted molar refractivity (Wildman–Crippen MR) is 76.8 cm³/mol. The fourth-order valence-corrected chi connectivity index (χ4v) is 1.99. The molecular weight excluding hydrogens is 235 g/mol. The lowest BCUT2D eigenvalue weighted by atomic mass is 9.79. The third-order valence-corrected chi connectivity index (χ3v) is 3.08. The molecule has 8 heteroatoms. The molecule has 0 fully saturated rings. The van der Waals surface area contributed by atoms with Crippen molar-refractivity contribution in [1.29, 1.82) is 0 Å². The number of hydrogen-bond donors (Lipinski definition) is 1. The Balaban J connectivity index is 1.83. The topological polar surface area (TPSA) is 42.8 Å². The lowest BCUT2D eigenvalue weighted by molar-refractivity contribution is 0.133. The molecule has 0 bridgehead atoms. The Hall–Kier alpha value is -1.45. The SMILES string of the molecule is [B]c1cc2c(cc1[B])OC(C1=NC([B])C([B])N1)CO2. The number of rotatable bonds is 1. The Bertz CT molecular complexity index is 552. The van der Waals surface area contributed by atoms with Gasteiger partial charge in [-0.3, -0.25) is 4.99 Å². The van der Waals surface area contributed by atoms with Gasteiger partial charge in [-0.25, -0.2) is 0 Å². The van der Waals surface area contributed by atoms with Crippen molar-refractivity contribution in [3.63, 3.8) is 0 Å². The molecule has 1 aromatic carbocycles. The molecule has 19 heavy (non-hydrogen) atoms. The first kappa shape index (κ1) is 12.6. The van der Waals surface area contributed by atoms with E-state index in [1.54, 1.807) is 12.1 Å². The molecule has 3 unspecified atom stereocenters. The van der Waals surface area contributed by atoms with Crippen molar-refractivity contribution in [2.45, 2.75) is 18.0 Å². The summed E-state index contributed by atoms with van der Waals surface area (Å²) < 4.78 is 11.4. The van der Waals surface area contributed by atoms with Crippen LogP contribution in [0, 0.1) is 0 Å². The van der Waals surface area contributed by atoms with E-state index in [2.05, 4.69) is 10.3 Å². The van der Waals surface area contributed by atoms with Crippen molar-refractivity contribution >= 4 is 48.1 Å². The van der Waals surface area contributed by atoms with Gasteiger partial charge in [-0.15, -0.1) is 0 Å². The average molecular weight is 243 g/mol. The molecule has 0 aromatic heterocycles. The highest BCUT2D eigenvalue weighted by molar-refractivity contribution is 6.48. The summed E-state index contributed by atoms with van der Waals surface area (Å²) in [5.41, 5.74) is 0.902. The maximum Gasteiger partial charge on any atom is 0.189 e. The molecule has 0 spiro atoms. The van der Waals surface area contributed by atoms with Crippen LogP contribution in [0.3, 0.4) is 0 Å². The fourth-order valence-electron chi connectivity index (χ4n) is 1.99. The van der Waals surface area contributed by atoms with Crippen LogP contribution in [0.5, 0.6) is 11.5 Å².